The maximum absolute atomic E-state index is 12.2. The van der Waals surface area contributed by atoms with E-state index in [1.165, 1.54) is 11.9 Å². The van der Waals surface area contributed by atoms with E-state index in [0.29, 0.717) is 5.69 Å². The topological polar surface area (TPSA) is 52.2 Å². The van der Waals surface area contributed by atoms with E-state index in [1.807, 2.05) is 23.1 Å². The average Bonchev–Trinajstić information content (AvgIpc) is 3.10. The van der Waals surface area contributed by atoms with Crippen LogP contribution in [0.3, 0.4) is 0 Å². The Morgan fingerprint density at radius 1 is 1.18 bits per heavy atom. The largest absolute Gasteiger partial charge is 0.341 e. The van der Waals surface area contributed by atoms with Crippen LogP contribution in [0.5, 0.6) is 0 Å². The van der Waals surface area contributed by atoms with E-state index in [4.69, 9.17) is 0 Å². The van der Waals surface area contributed by atoms with Gasteiger partial charge in [0.1, 0.15) is 5.69 Å². The van der Waals surface area contributed by atoms with Gasteiger partial charge in [0.15, 0.2) is 0 Å². The highest BCUT2D eigenvalue weighted by molar-refractivity contribution is 5.92. The van der Waals surface area contributed by atoms with Crippen LogP contribution in [-0.4, -0.2) is 58.4 Å². The summed E-state index contributed by atoms with van der Waals surface area (Å²) in [6, 6.07) is 10.3. The number of aromatic amines is 1. The first kappa shape index (κ1) is 14.5. The second-order valence-corrected chi connectivity index (χ2v) is 5.37. The number of nitrogens with zero attached hydrogens (tertiary/aromatic N) is 3. The summed E-state index contributed by atoms with van der Waals surface area (Å²) >= 11 is 0. The Labute approximate surface area is 130 Å². The van der Waals surface area contributed by atoms with Crippen molar-refractivity contribution in [1.29, 1.82) is 0 Å². The quantitative estimate of drug-likeness (QED) is 0.937. The number of imidazole rings is 1. The number of carbonyl (C=O) groups excluding carboxylic acids is 1. The molecule has 1 fully saturated rings. The maximum Gasteiger partial charge on any atom is 0.272 e. The van der Waals surface area contributed by atoms with Gasteiger partial charge in [-0.3, -0.25) is 9.69 Å². The molecule has 22 heavy (non-hydrogen) atoms. The molecule has 1 aromatic heterocycles. The summed E-state index contributed by atoms with van der Waals surface area (Å²) in [7, 11) is 0. The molecule has 1 N–H and O–H groups in total. The zero-order chi connectivity index (χ0) is 15.2. The van der Waals surface area contributed by atoms with E-state index in [0.717, 1.165) is 32.7 Å². The minimum absolute atomic E-state index is 0.0389. The number of benzene rings is 1. The van der Waals surface area contributed by atoms with Gasteiger partial charge in [-0.2, -0.15) is 0 Å². The first-order valence-electron chi connectivity index (χ1n) is 7.54. The smallest absolute Gasteiger partial charge is 0.272 e. The normalized spacial score (nSPS) is 16.3. The number of carbonyl (C=O) groups is 1. The minimum Gasteiger partial charge on any atom is -0.341 e. The van der Waals surface area contributed by atoms with Gasteiger partial charge in [0.25, 0.3) is 5.91 Å². The summed E-state index contributed by atoms with van der Waals surface area (Å²) in [6.45, 7) is 4.24. The van der Waals surface area contributed by atoms with Gasteiger partial charge >= 0.3 is 0 Å². The number of rotatable bonds is 4. The third kappa shape index (κ3) is 3.62. The molecule has 5 nitrogen and oxygen atoms in total. The van der Waals surface area contributed by atoms with Gasteiger partial charge in [0.05, 0.1) is 12.5 Å². The van der Waals surface area contributed by atoms with Crippen molar-refractivity contribution in [3.8, 4) is 0 Å². The number of aromatic nitrogens is 2. The van der Waals surface area contributed by atoms with Crippen LogP contribution in [0.25, 0.3) is 6.08 Å². The standard InChI is InChI=1S/C17H20N4O/c22-17(16-13-18-14-19-16)21-11-9-20(10-12-21)8-4-7-15-5-2-1-3-6-15/h1-7,13-14H,8-12H2,(H,18,19)/b7-4+. The molecule has 0 saturated carbocycles. The van der Waals surface area contributed by atoms with E-state index in [1.54, 1.807) is 6.20 Å². The number of nitrogens with one attached hydrogen (secondary N) is 1. The Kier molecular flexibility index (Phi) is 4.65. The molecule has 1 aromatic carbocycles. The number of piperazine rings is 1. The van der Waals surface area contributed by atoms with Crippen molar-refractivity contribution < 1.29 is 4.79 Å². The average molecular weight is 296 g/mol. The molecule has 3 rings (SSSR count). The zero-order valence-electron chi connectivity index (χ0n) is 12.5. The van der Waals surface area contributed by atoms with E-state index >= 15 is 0 Å². The van der Waals surface area contributed by atoms with E-state index in [-0.39, 0.29) is 5.91 Å². The molecule has 1 aliphatic heterocycles. The van der Waals surface area contributed by atoms with Gasteiger partial charge in [0, 0.05) is 32.7 Å². The lowest BCUT2D eigenvalue weighted by Gasteiger charge is -2.33. The summed E-state index contributed by atoms with van der Waals surface area (Å²) < 4.78 is 0. The Hall–Kier alpha value is -2.40. The predicted octanol–water partition coefficient (Wildman–Crippen LogP) is 1.88. The minimum atomic E-state index is 0.0389. The van der Waals surface area contributed by atoms with Gasteiger partial charge in [-0.1, -0.05) is 42.5 Å². The van der Waals surface area contributed by atoms with Gasteiger partial charge in [0.2, 0.25) is 0 Å². The summed E-state index contributed by atoms with van der Waals surface area (Å²) in [4.78, 5) is 23.2. The number of amides is 1. The highest BCUT2D eigenvalue weighted by Crippen LogP contribution is 2.07. The molecule has 5 heteroatoms. The fourth-order valence-electron chi connectivity index (χ4n) is 2.58. The van der Waals surface area contributed by atoms with Crippen LogP contribution in [0, 0.1) is 0 Å². The Bertz CT molecular complexity index is 613. The van der Waals surface area contributed by atoms with Crippen molar-refractivity contribution in [3.63, 3.8) is 0 Å². The van der Waals surface area contributed by atoms with Crippen LogP contribution >= 0.6 is 0 Å². The molecule has 0 aliphatic carbocycles. The second-order valence-electron chi connectivity index (χ2n) is 5.37. The monoisotopic (exact) mass is 296 g/mol. The third-order valence-corrected chi connectivity index (χ3v) is 3.86. The van der Waals surface area contributed by atoms with Crippen LogP contribution in [0.1, 0.15) is 16.1 Å². The molecule has 2 aromatic rings. The molecule has 0 bridgehead atoms. The van der Waals surface area contributed by atoms with Crippen molar-refractivity contribution in [2.24, 2.45) is 0 Å². The predicted molar refractivity (Wildman–Crippen MR) is 86.4 cm³/mol. The highest BCUT2D eigenvalue weighted by Gasteiger charge is 2.22. The molecule has 0 radical (unpaired) electrons. The lowest BCUT2D eigenvalue weighted by molar-refractivity contribution is 0.0645. The molecule has 0 atom stereocenters. The number of hydrogen-bond acceptors (Lipinski definition) is 3. The summed E-state index contributed by atoms with van der Waals surface area (Å²) in [6.07, 6.45) is 7.44. The maximum atomic E-state index is 12.2. The first-order chi connectivity index (χ1) is 10.8. The van der Waals surface area contributed by atoms with E-state index in [9.17, 15) is 4.79 Å². The SMILES string of the molecule is O=C(c1cnc[nH]1)N1CCN(C/C=C/c2ccccc2)CC1. The summed E-state index contributed by atoms with van der Waals surface area (Å²) in [5.41, 5.74) is 1.79. The van der Waals surface area contributed by atoms with Crippen LogP contribution in [0.15, 0.2) is 48.9 Å². The zero-order valence-corrected chi connectivity index (χ0v) is 12.5. The summed E-state index contributed by atoms with van der Waals surface area (Å²) in [5.74, 6) is 0.0389. The molecule has 2 heterocycles. The van der Waals surface area contributed by atoms with Crippen LogP contribution in [0.4, 0.5) is 0 Å². The molecule has 0 unspecified atom stereocenters. The van der Waals surface area contributed by atoms with Crippen molar-refractivity contribution in [2.45, 2.75) is 0 Å². The van der Waals surface area contributed by atoms with Gasteiger partial charge in [-0.15, -0.1) is 0 Å². The number of H-pyrrole nitrogens is 1. The molecular formula is C17H20N4O. The lowest BCUT2D eigenvalue weighted by atomic mass is 10.2. The summed E-state index contributed by atoms with van der Waals surface area (Å²) in [5, 5.41) is 0. The fraction of sp³-hybridized carbons (Fsp3) is 0.294. The Morgan fingerprint density at radius 2 is 1.95 bits per heavy atom. The fourth-order valence-corrected chi connectivity index (χ4v) is 2.58. The molecule has 1 saturated heterocycles. The van der Waals surface area contributed by atoms with Gasteiger partial charge in [-0.25, -0.2) is 4.98 Å². The number of hydrogen-bond donors (Lipinski definition) is 1. The van der Waals surface area contributed by atoms with Gasteiger partial charge < -0.3 is 9.88 Å². The van der Waals surface area contributed by atoms with Crippen molar-refractivity contribution in [2.75, 3.05) is 32.7 Å². The van der Waals surface area contributed by atoms with Crippen molar-refractivity contribution in [1.82, 2.24) is 19.8 Å². The Morgan fingerprint density at radius 3 is 2.64 bits per heavy atom. The highest BCUT2D eigenvalue weighted by atomic mass is 16.2. The van der Waals surface area contributed by atoms with Crippen LogP contribution in [-0.2, 0) is 0 Å². The molecule has 114 valence electrons. The molecule has 1 amide bonds. The molecule has 0 spiro atoms. The Balaban J connectivity index is 1.46. The first-order valence-corrected chi connectivity index (χ1v) is 7.54. The second kappa shape index (κ2) is 7.04. The van der Waals surface area contributed by atoms with Gasteiger partial charge in [-0.05, 0) is 5.56 Å². The van der Waals surface area contributed by atoms with E-state index < -0.39 is 0 Å². The molecular weight excluding hydrogens is 276 g/mol. The van der Waals surface area contributed by atoms with Crippen LogP contribution < -0.4 is 0 Å². The van der Waals surface area contributed by atoms with E-state index in [2.05, 4.69) is 39.2 Å². The lowest BCUT2D eigenvalue weighted by Crippen LogP contribution is -2.48. The van der Waals surface area contributed by atoms with Crippen LogP contribution in [0.2, 0.25) is 0 Å². The van der Waals surface area contributed by atoms with Crippen molar-refractivity contribution in [3.05, 3.63) is 60.2 Å². The molecule has 1 aliphatic rings. The van der Waals surface area contributed by atoms with Crippen molar-refractivity contribution >= 4 is 12.0 Å². The third-order valence-electron chi connectivity index (χ3n) is 3.86.